The SMILES string of the molecule is [Ag+].[Ag+].[C-]#Cc1cccc2c1ccc1ccccc12.[C-]#Cc1cccc2c1ccc1ccccc12.c1ccc([PH+](C[PH+](c2ccccc2)c2ccccc2)c2ccccc2)cc1. The van der Waals surface area contributed by atoms with Crippen molar-refractivity contribution in [2.24, 2.45) is 0 Å². The number of hydrogen-bond acceptors (Lipinski definition) is 0. The predicted octanol–water partition coefficient (Wildman–Crippen LogP) is 12.5. The first-order valence-electron chi connectivity index (χ1n) is 19.8. The van der Waals surface area contributed by atoms with Gasteiger partial charge in [0.2, 0.25) is 0 Å². The van der Waals surface area contributed by atoms with Gasteiger partial charge in [0.15, 0.2) is 5.90 Å². The van der Waals surface area contributed by atoms with Crippen LogP contribution in [-0.4, -0.2) is 5.90 Å². The van der Waals surface area contributed by atoms with E-state index in [1.807, 2.05) is 48.5 Å². The van der Waals surface area contributed by atoms with Crippen LogP contribution in [0.3, 0.4) is 0 Å². The fourth-order valence-electron chi connectivity index (χ4n) is 7.77. The Bertz CT molecular complexity index is 2760. The minimum absolute atomic E-state index is 0. The molecule has 0 amide bonds. The molecule has 0 aliphatic rings. The van der Waals surface area contributed by atoms with E-state index < -0.39 is 15.8 Å². The van der Waals surface area contributed by atoms with Crippen LogP contribution in [0.2, 0.25) is 0 Å². The van der Waals surface area contributed by atoms with Crippen LogP contribution in [-0.2, 0) is 44.8 Å². The molecule has 0 saturated heterocycles. The van der Waals surface area contributed by atoms with Crippen LogP contribution in [0.1, 0.15) is 11.1 Å². The summed E-state index contributed by atoms with van der Waals surface area (Å²) in [5, 5.41) is 15.5. The molecule has 0 heterocycles. The van der Waals surface area contributed by atoms with Crippen molar-refractivity contribution >= 4 is 80.2 Å². The maximum Gasteiger partial charge on any atom is 1.00 e. The first-order valence-corrected chi connectivity index (χ1v) is 23.2. The van der Waals surface area contributed by atoms with Crippen LogP contribution in [0, 0.1) is 24.7 Å². The maximum absolute atomic E-state index is 7.28. The first-order chi connectivity index (χ1) is 29.2. The summed E-state index contributed by atoms with van der Waals surface area (Å²) in [6.07, 6.45) is 14.6. The van der Waals surface area contributed by atoms with Crippen LogP contribution in [0.25, 0.3) is 43.1 Å². The van der Waals surface area contributed by atoms with Crippen molar-refractivity contribution < 1.29 is 44.8 Å². The average molecular weight is 1000 g/mol. The monoisotopic (exact) mass is 1000 g/mol. The summed E-state index contributed by atoms with van der Waals surface area (Å²) in [4.78, 5) is 0. The second-order valence-electron chi connectivity index (χ2n) is 14.2. The van der Waals surface area contributed by atoms with E-state index in [2.05, 4.69) is 194 Å². The van der Waals surface area contributed by atoms with Crippen LogP contribution in [0.15, 0.2) is 231 Å². The van der Waals surface area contributed by atoms with Gasteiger partial charge in [0, 0.05) is 0 Å². The third-order valence-electron chi connectivity index (χ3n) is 10.7. The largest absolute Gasteiger partial charge is 1.00 e. The van der Waals surface area contributed by atoms with E-state index in [-0.39, 0.29) is 44.8 Å². The summed E-state index contributed by atoms with van der Waals surface area (Å²) in [7, 11) is -1.69. The van der Waals surface area contributed by atoms with Gasteiger partial charge in [0.25, 0.3) is 0 Å². The second-order valence-corrected chi connectivity index (χ2v) is 19.9. The van der Waals surface area contributed by atoms with Gasteiger partial charge in [-0.05, 0) is 80.8 Å². The van der Waals surface area contributed by atoms with Crippen LogP contribution < -0.4 is 21.2 Å². The molecule has 0 unspecified atom stereocenters. The average Bonchev–Trinajstić information content (AvgIpc) is 3.33. The Kier molecular flexibility index (Phi) is 16.7. The summed E-state index contributed by atoms with van der Waals surface area (Å²) in [6, 6.07) is 81.4. The van der Waals surface area contributed by atoms with Gasteiger partial charge in [0.05, 0.1) is 0 Å². The van der Waals surface area contributed by atoms with E-state index in [0.717, 1.165) is 21.9 Å². The van der Waals surface area contributed by atoms with Gasteiger partial charge in [-0.3, -0.25) is 11.8 Å². The van der Waals surface area contributed by atoms with E-state index >= 15 is 0 Å². The molecule has 0 fully saturated rings. The van der Waals surface area contributed by atoms with Crippen LogP contribution in [0.5, 0.6) is 0 Å². The van der Waals surface area contributed by atoms with Gasteiger partial charge >= 0.3 is 44.8 Å². The molecule has 10 rings (SSSR count). The molecule has 0 aliphatic carbocycles. The second kappa shape index (κ2) is 22.5. The molecule has 0 radical (unpaired) electrons. The molecule has 300 valence electrons. The van der Waals surface area contributed by atoms with Crippen molar-refractivity contribution in [1.82, 2.24) is 0 Å². The quantitative estimate of drug-likeness (QED) is 0.0512. The fourth-order valence-corrected chi connectivity index (χ4v) is 15.5. The Hall–Kier alpha value is -5.30. The third-order valence-corrected chi connectivity index (χ3v) is 17.6. The zero-order valence-electron chi connectivity index (χ0n) is 33.2. The third kappa shape index (κ3) is 10.8. The van der Waals surface area contributed by atoms with Gasteiger partial charge in [-0.1, -0.05) is 181 Å². The van der Waals surface area contributed by atoms with Crippen molar-refractivity contribution in [2.75, 3.05) is 5.90 Å². The number of rotatable bonds is 6. The molecule has 10 aromatic carbocycles. The molecular formula is C57H42Ag2P2+2. The molecule has 0 bridgehead atoms. The number of hydrogen-bond donors (Lipinski definition) is 0. The summed E-state index contributed by atoms with van der Waals surface area (Å²) < 4.78 is 0. The molecule has 0 saturated carbocycles. The predicted molar refractivity (Wildman–Crippen MR) is 261 cm³/mol. The number of fused-ring (bicyclic) bond motifs is 6. The fraction of sp³-hybridized carbons (Fsp3) is 0.0175. The topological polar surface area (TPSA) is 0 Å². The van der Waals surface area contributed by atoms with E-state index in [1.54, 1.807) is 0 Å². The van der Waals surface area contributed by atoms with Crippen molar-refractivity contribution in [3.8, 4) is 11.8 Å². The van der Waals surface area contributed by atoms with Gasteiger partial charge in [-0.25, -0.2) is 0 Å². The van der Waals surface area contributed by atoms with Crippen LogP contribution >= 0.6 is 15.8 Å². The molecule has 0 spiro atoms. The molecule has 0 aromatic heterocycles. The standard InChI is InChI=1S/C25H22P2.2C16H9.2Ag/c1-5-13-22(14-6-1)26(23-15-7-2-8-16-23)21-27(24-17-9-3-10-18-24)25-19-11-4-12-20-25;2*1-2-12-7-5-9-16-14-8-4-3-6-13(14)10-11-15(12)16;;/h1-20H,21H2;2*3-11H;;/q;2*-1;2*+1/p+2. The summed E-state index contributed by atoms with van der Waals surface area (Å²) >= 11 is 0. The van der Waals surface area contributed by atoms with Gasteiger partial charge in [-0.2, -0.15) is 0 Å². The van der Waals surface area contributed by atoms with Crippen LogP contribution in [0.4, 0.5) is 0 Å². The van der Waals surface area contributed by atoms with E-state index in [4.69, 9.17) is 12.8 Å². The molecule has 0 atom stereocenters. The molecule has 0 N–H and O–H groups in total. The smallest absolute Gasteiger partial charge is 0.366 e. The maximum atomic E-state index is 7.28. The minimum atomic E-state index is -0.847. The summed E-state index contributed by atoms with van der Waals surface area (Å²) in [5.74, 6) is 6.22. The normalized spacial score (nSPS) is 10.4. The zero-order valence-corrected chi connectivity index (χ0v) is 38.2. The summed E-state index contributed by atoms with van der Waals surface area (Å²) in [5.41, 5.74) is 1.70. The number of benzene rings is 10. The summed E-state index contributed by atoms with van der Waals surface area (Å²) in [6.45, 7) is 0. The van der Waals surface area contributed by atoms with E-state index in [0.29, 0.717) is 0 Å². The van der Waals surface area contributed by atoms with Gasteiger partial charge < -0.3 is 12.8 Å². The first kappa shape index (κ1) is 45.2. The molecule has 10 aromatic rings. The van der Waals surface area contributed by atoms with Gasteiger partial charge in [0.1, 0.15) is 37.1 Å². The Morgan fingerprint density at radius 2 is 0.574 bits per heavy atom. The van der Waals surface area contributed by atoms with Crippen molar-refractivity contribution in [3.05, 3.63) is 254 Å². The van der Waals surface area contributed by atoms with Gasteiger partial charge in [-0.15, -0.1) is 23.3 Å². The van der Waals surface area contributed by atoms with Crippen molar-refractivity contribution in [3.63, 3.8) is 0 Å². The molecule has 0 nitrogen and oxygen atoms in total. The minimum Gasteiger partial charge on any atom is -0.366 e. The Morgan fingerprint density at radius 3 is 0.902 bits per heavy atom. The molecular weight excluding hydrogens is 962 g/mol. The Morgan fingerprint density at radius 1 is 0.279 bits per heavy atom. The molecule has 4 heteroatoms. The Labute approximate surface area is 394 Å². The van der Waals surface area contributed by atoms with Crippen molar-refractivity contribution in [2.45, 2.75) is 0 Å². The zero-order chi connectivity index (χ0) is 40.2. The molecule has 0 aliphatic heterocycles. The molecule has 61 heavy (non-hydrogen) atoms. The van der Waals surface area contributed by atoms with Crippen molar-refractivity contribution in [1.29, 1.82) is 0 Å². The van der Waals surface area contributed by atoms with E-state index in [9.17, 15) is 0 Å². The van der Waals surface area contributed by atoms with E-state index in [1.165, 1.54) is 59.4 Å². The Balaban J connectivity index is 0.000000159.